The lowest BCUT2D eigenvalue weighted by Crippen LogP contribution is -2.14. The highest BCUT2D eigenvalue weighted by molar-refractivity contribution is 6.06. The molecule has 8 nitrogen and oxygen atoms in total. The Bertz CT molecular complexity index is 782. The first-order chi connectivity index (χ1) is 12.5. The second kappa shape index (κ2) is 8.19. The maximum atomic E-state index is 12.7. The van der Waals surface area contributed by atoms with Crippen LogP contribution in [0.25, 0.3) is 0 Å². The molecule has 0 saturated carbocycles. The van der Waals surface area contributed by atoms with Gasteiger partial charge in [-0.3, -0.25) is 4.79 Å². The molecule has 2 rings (SSSR count). The number of carbonyl (C=O) groups excluding carboxylic acids is 1. The molecule has 0 atom stereocenters. The fraction of sp³-hybridized carbons (Fsp3) is 0.278. The molecule has 0 spiro atoms. The molecule has 0 fully saturated rings. The molecule has 1 amide bonds. The first-order valence-electron chi connectivity index (χ1n) is 7.61. The number of hydrogen-bond acceptors (Lipinski definition) is 7. The zero-order chi connectivity index (χ0) is 19.3. The molecule has 0 aliphatic carbocycles. The summed E-state index contributed by atoms with van der Waals surface area (Å²) in [5, 5.41) is 2.74. The predicted octanol–water partition coefficient (Wildman–Crippen LogP) is 2.56. The van der Waals surface area contributed by atoms with Gasteiger partial charge in [0.25, 0.3) is 5.91 Å². The third-order valence-corrected chi connectivity index (χ3v) is 3.73. The Morgan fingerprint density at radius 3 is 1.73 bits per heavy atom. The van der Waals surface area contributed by atoms with Gasteiger partial charge in [0.1, 0.15) is 0 Å². The average Bonchev–Trinajstić information content (AvgIpc) is 2.67. The van der Waals surface area contributed by atoms with Crippen molar-refractivity contribution in [2.75, 3.05) is 46.6 Å². The first-order valence-corrected chi connectivity index (χ1v) is 7.61. The topological polar surface area (TPSA) is 101 Å². The van der Waals surface area contributed by atoms with Crippen LogP contribution in [-0.4, -0.2) is 41.5 Å². The van der Waals surface area contributed by atoms with Gasteiger partial charge in [0.05, 0.1) is 46.9 Å². The van der Waals surface area contributed by atoms with Crippen molar-refractivity contribution < 1.29 is 28.5 Å². The third kappa shape index (κ3) is 3.69. The number of nitrogen functional groups attached to an aromatic ring is 1. The van der Waals surface area contributed by atoms with Crippen LogP contribution in [0.5, 0.6) is 28.7 Å². The fourth-order valence-electron chi connectivity index (χ4n) is 2.41. The molecule has 0 radical (unpaired) electrons. The van der Waals surface area contributed by atoms with Crippen molar-refractivity contribution >= 4 is 17.3 Å². The normalized spacial score (nSPS) is 10.0. The standard InChI is InChI=1S/C18H22N2O6/c1-22-13-8-11(19)12(9-14(13)23-2)20-18(21)10-6-15(24-3)17(26-5)16(7-10)25-4/h6-9H,19H2,1-5H3,(H,20,21). The van der Waals surface area contributed by atoms with Crippen molar-refractivity contribution in [2.24, 2.45) is 0 Å². The Morgan fingerprint density at radius 2 is 1.27 bits per heavy atom. The maximum Gasteiger partial charge on any atom is 0.256 e. The van der Waals surface area contributed by atoms with Crippen LogP contribution in [-0.2, 0) is 0 Å². The zero-order valence-corrected chi connectivity index (χ0v) is 15.3. The number of rotatable bonds is 7. The average molecular weight is 362 g/mol. The summed E-state index contributed by atoms with van der Waals surface area (Å²) in [5.41, 5.74) is 7.03. The second-order valence-electron chi connectivity index (χ2n) is 5.16. The monoisotopic (exact) mass is 362 g/mol. The number of amides is 1. The number of ether oxygens (including phenoxy) is 5. The molecule has 2 aromatic carbocycles. The van der Waals surface area contributed by atoms with Gasteiger partial charge in [-0.25, -0.2) is 0 Å². The smallest absolute Gasteiger partial charge is 0.256 e. The molecule has 0 unspecified atom stereocenters. The molecule has 2 aromatic rings. The molecule has 0 aromatic heterocycles. The highest BCUT2D eigenvalue weighted by Gasteiger charge is 2.18. The number of carbonyl (C=O) groups is 1. The molecule has 26 heavy (non-hydrogen) atoms. The van der Waals surface area contributed by atoms with Crippen LogP contribution >= 0.6 is 0 Å². The van der Waals surface area contributed by atoms with Crippen LogP contribution in [0.2, 0.25) is 0 Å². The van der Waals surface area contributed by atoms with Gasteiger partial charge in [-0.2, -0.15) is 0 Å². The van der Waals surface area contributed by atoms with Gasteiger partial charge in [0, 0.05) is 17.7 Å². The quantitative estimate of drug-likeness (QED) is 0.730. The summed E-state index contributed by atoms with van der Waals surface area (Å²) >= 11 is 0. The van der Waals surface area contributed by atoms with Crippen molar-refractivity contribution in [1.82, 2.24) is 0 Å². The SMILES string of the molecule is COc1cc(N)c(NC(=O)c2cc(OC)c(OC)c(OC)c2)cc1OC. The first kappa shape index (κ1) is 19.0. The van der Waals surface area contributed by atoms with E-state index < -0.39 is 5.91 Å². The summed E-state index contributed by atoms with van der Waals surface area (Å²) in [6, 6.07) is 6.26. The minimum Gasteiger partial charge on any atom is -0.493 e. The van der Waals surface area contributed by atoms with Gasteiger partial charge in [0.2, 0.25) is 5.75 Å². The molecule has 0 heterocycles. The van der Waals surface area contributed by atoms with Gasteiger partial charge in [0.15, 0.2) is 23.0 Å². The predicted molar refractivity (Wildman–Crippen MR) is 98.0 cm³/mol. The van der Waals surface area contributed by atoms with E-state index in [9.17, 15) is 4.79 Å². The van der Waals surface area contributed by atoms with E-state index in [1.54, 1.807) is 24.3 Å². The van der Waals surface area contributed by atoms with E-state index in [0.717, 1.165) is 0 Å². The van der Waals surface area contributed by atoms with Gasteiger partial charge in [-0.05, 0) is 12.1 Å². The van der Waals surface area contributed by atoms with Crippen molar-refractivity contribution in [3.63, 3.8) is 0 Å². The van der Waals surface area contributed by atoms with E-state index in [1.165, 1.54) is 35.5 Å². The molecular weight excluding hydrogens is 340 g/mol. The number of nitrogens with one attached hydrogen (secondary N) is 1. The van der Waals surface area contributed by atoms with Gasteiger partial charge in [-0.15, -0.1) is 0 Å². The van der Waals surface area contributed by atoms with E-state index in [0.29, 0.717) is 45.7 Å². The fourth-order valence-corrected chi connectivity index (χ4v) is 2.41. The van der Waals surface area contributed by atoms with Crippen molar-refractivity contribution in [3.05, 3.63) is 29.8 Å². The van der Waals surface area contributed by atoms with Crippen LogP contribution in [0.4, 0.5) is 11.4 Å². The number of nitrogens with two attached hydrogens (primary N) is 1. The zero-order valence-electron chi connectivity index (χ0n) is 15.3. The molecule has 0 aliphatic rings. The Kier molecular flexibility index (Phi) is 6.00. The lowest BCUT2D eigenvalue weighted by Gasteiger charge is -2.15. The summed E-state index contributed by atoms with van der Waals surface area (Å²) < 4.78 is 26.2. The van der Waals surface area contributed by atoms with Crippen LogP contribution < -0.4 is 34.7 Å². The van der Waals surface area contributed by atoms with Gasteiger partial charge >= 0.3 is 0 Å². The van der Waals surface area contributed by atoms with E-state index >= 15 is 0 Å². The van der Waals surface area contributed by atoms with Crippen LogP contribution in [0.3, 0.4) is 0 Å². The van der Waals surface area contributed by atoms with Crippen LogP contribution in [0, 0.1) is 0 Å². The van der Waals surface area contributed by atoms with Crippen LogP contribution in [0.15, 0.2) is 24.3 Å². The van der Waals surface area contributed by atoms with Crippen molar-refractivity contribution in [1.29, 1.82) is 0 Å². The highest BCUT2D eigenvalue weighted by atomic mass is 16.5. The van der Waals surface area contributed by atoms with Gasteiger partial charge < -0.3 is 34.7 Å². The highest BCUT2D eigenvalue weighted by Crippen LogP contribution is 2.39. The molecule has 0 aliphatic heterocycles. The summed E-state index contributed by atoms with van der Waals surface area (Å²) in [4.78, 5) is 12.7. The van der Waals surface area contributed by atoms with E-state index in [1.807, 2.05) is 0 Å². The molecule has 8 heteroatoms. The van der Waals surface area contributed by atoms with Crippen molar-refractivity contribution in [3.8, 4) is 28.7 Å². The lowest BCUT2D eigenvalue weighted by atomic mass is 10.1. The number of hydrogen-bond donors (Lipinski definition) is 2. The number of anilines is 2. The van der Waals surface area contributed by atoms with E-state index in [4.69, 9.17) is 29.4 Å². The second-order valence-corrected chi connectivity index (χ2v) is 5.16. The molecular formula is C18H22N2O6. The summed E-state index contributed by atoms with van der Waals surface area (Å²) in [6.45, 7) is 0. The number of benzene rings is 2. The Labute approximate surface area is 151 Å². The Balaban J connectivity index is 2.39. The number of methoxy groups -OCH3 is 5. The lowest BCUT2D eigenvalue weighted by molar-refractivity contribution is 0.102. The minimum atomic E-state index is -0.400. The van der Waals surface area contributed by atoms with Crippen molar-refractivity contribution in [2.45, 2.75) is 0 Å². The third-order valence-electron chi connectivity index (χ3n) is 3.73. The Morgan fingerprint density at radius 1 is 0.769 bits per heavy atom. The van der Waals surface area contributed by atoms with Crippen LogP contribution in [0.1, 0.15) is 10.4 Å². The Hall–Kier alpha value is -3.29. The minimum absolute atomic E-state index is 0.314. The van der Waals surface area contributed by atoms with Gasteiger partial charge in [-0.1, -0.05) is 0 Å². The maximum absolute atomic E-state index is 12.7. The molecule has 3 N–H and O–H groups in total. The van der Waals surface area contributed by atoms with E-state index in [2.05, 4.69) is 5.32 Å². The summed E-state index contributed by atoms with van der Waals surface area (Å²) in [6.07, 6.45) is 0. The summed E-state index contributed by atoms with van der Waals surface area (Å²) in [5.74, 6) is 1.66. The molecule has 0 saturated heterocycles. The van der Waals surface area contributed by atoms with E-state index in [-0.39, 0.29) is 0 Å². The largest absolute Gasteiger partial charge is 0.493 e. The molecule has 0 bridgehead atoms. The summed E-state index contributed by atoms with van der Waals surface area (Å²) in [7, 11) is 7.45. The molecule has 140 valence electrons.